The van der Waals surface area contributed by atoms with Crippen molar-refractivity contribution in [2.75, 3.05) is 31.5 Å². The number of nitrogens with zero attached hydrogens (tertiary/aromatic N) is 3. The largest absolute Gasteiger partial charge is 0.416 e. The molecule has 224 valence electrons. The van der Waals surface area contributed by atoms with E-state index in [0.29, 0.717) is 42.6 Å². The summed E-state index contributed by atoms with van der Waals surface area (Å²) in [4.78, 5) is 33.4. The molecule has 1 saturated carbocycles. The smallest absolute Gasteiger partial charge is 0.385 e. The van der Waals surface area contributed by atoms with Crippen LogP contribution in [0.1, 0.15) is 55.3 Å². The number of carbonyl (C=O) groups excluding carboxylic acids is 1. The number of halogens is 3. The Balaban J connectivity index is 1.07. The van der Waals surface area contributed by atoms with E-state index in [-0.39, 0.29) is 24.6 Å². The van der Waals surface area contributed by atoms with Gasteiger partial charge in [0.15, 0.2) is 5.16 Å². The molecule has 2 heterocycles. The van der Waals surface area contributed by atoms with Gasteiger partial charge in [0.1, 0.15) is 0 Å². The Bertz CT molecular complexity index is 1410. The molecule has 1 aromatic heterocycles. The first-order valence-corrected chi connectivity index (χ1v) is 15.4. The van der Waals surface area contributed by atoms with E-state index < -0.39 is 11.7 Å². The van der Waals surface area contributed by atoms with Gasteiger partial charge in [-0.3, -0.25) is 14.2 Å². The molecule has 3 aromatic rings. The van der Waals surface area contributed by atoms with E-state index in [4.69, 9.17) is 4.98 Å². The van der Waals surface area contributed by atoms with Gasteiger partial charge in [0.25, 0.3) is 5.56 Å². The second-order valence-corrected chi connectivity index (χ2v) is 12.0. The lowest BCUT2D eigenvalue weighted by atomic mass is 10.0. The highest BCUT2D eigenvalue weighted by molar-refractivity contribution is 7.99. The van der Waals surface area contributed by atoms with E-state index in [1.54, 1.807) is 21.2 Å². The number of thioether (sulfide) groups is 1. The van der Waals surface area contributed by atoms with E-state index in [0.717, 1.165) is 60.8 Å². The minimum Gasteiger partial charge on any atom is -0.385 e. The summed E-state index contributed by atoms with van der Waals surface area (Å²) in [5.74, 6) is -0.0387. The summed E-state index contributed by atoms with van der Waals surface area (Å²) in [6, 6.07) is 14.6. The Hall–Kier alpha value is -3.31. The van der Waals surface area contributed by atoms with Crippen molar-refractivity contribution in [2.45, 2.75) is 68.1 Å². The van der Waals surface area contributed by atoms with Gasteiger partial charge in [-0.25, -0.2) is 4.98 Å². The van der Waals surface area contributed by atoms with Gasteiger partial charge in [0, 0.05) is 30.4 Å². The second-order valence-electron chi connectivity index (χ2n) is 10.8. The molecule has 0 saturated heterocycles. The van der Waals surface area contributed by atoms with Crippen molar-refractivity contribution in [3.05, 3.63) is 81.8 Å². The minimum atomic E-state index is -4.33. The van der Waals surface area contributed by atoms with Crippen molar-refractivity contribution in [3.8, 4) is 5.69 Å². The first-order chi connectivity index (χ1) is 20.3. The maximum Gasteiger partial charge on any atom is 0.416 e. The van der Waals surface area contributed by atoms with Crippen LogP contribution >= 0.6 is 11.8 Å². The van der Waals surface area contributed by atoms with Crippen LogP contribution in [0.2, 0.25) is 0 Å². The Morgan fingerprint density at radius 2 is 1.74 bits per heavy atom. The number of alkyl halides is 3. The maximum atomic E-state index is 13.7. The van der Waals surface area contributed by atoms with Gasteiger partial charge < -0.3 is 15.5 Å². The van der Waals surface area contributed by atoms with Crippen molar-refractivity contribution in [3.63, 3.8) is 0 Å². The topological polar surface area (TPSA) is 79.3 Å². The number of carbonyl (C=O) groups is 1. The third-order valence-electron chi connectivity index (χ3n) is 7.74. The van der Waals surface area contributed by atoms with Gasteiger partial charge in [0.05, 0.1) is 35.6 Å². The number of amides is 1. The van der Waals surface area contributed by atoms with Crippen LogP contribution in [0.15, 0.2) is 64.5 Å². The van der Waals surface area contributed by atoms with Gasteiger partial charge in [-0.05, 0) is 68.6 Å². The standard InChI is InChI=1S/C31H36F3N5O2S/c32-31(33,34)22-12-14-23(15-13-22)36-18-6-2-5-17-35-20-28(40)38-19-16-27-26(21-38)29(41)39(24-8-3-1-4-9-24)30(37-27)42-25-10-7-11-25/h1,3-4,8-9,12-15,25,35-36H,2,5-7,10-11,16-21H2. The van der Waals surface area contributed by atoms with Crippen molar-refractivity contribution >= 4 is 23.4 Å². The van der Waals surface area contributed by atoms with Gasteiger partial charge in [-0.1, -0.05) is 42.8 Å². The van der Waals surface area contributed by atoms with Crippen LogP contribution in [-0.2, 0) is 23.9 Å². The number of nitrogens with one attached hydrogen (secondary N) is 2. The molecule has 2 aromatic carbocycles. The zero-order valence-corrected chi connectivity index (χ0v) is 24.3. The van der Waals surface area contributed by atoms with Crippen LogP contribution in [-0.4, -0.2) is 51.8 Å². The molecule has 0 unspecified atom stereocenters. The normalized spacial score (nSPS) is 15.3. The molecule has 1 amide bonds. The van der Waals surface area contributed by atoms with E-state index in [1.807, 2.05) is 30.3 Å². The third kappa shape index (κ3) is 7.55. The molecule has 1 aliphatic carbocycles. The van der Waals surface area contributed by atoms with E-state index in [2.05, 4.69) is 10.6 Å². The summed E-state index contributed by atoms with van der Waals surface area (Å²) in [7, 11) is 0. The van der Waals surface area contributed by atoms with Gasteiger partial charge in [-0.15, -0.1) is 0 Å². The first-order valence-electron chi connectivity index (χ1n) is 14.6. The number of hydrogen-bond acceptors (Lipinski definition) is 6. The Morgan fingerprint density at radius 3 is 2.43 bits per heavy atom. The summed E-state index contributed by atoms with van der Waals surface area (Å²) in [5.41, 5.74) is 2.10. The highest BCUT2D eigenvalue weighted by Gasteiger charge is 2.30. The molecule has 42 heavy (non-hydrogen) atoms. The molecule has 1 fully saturated rings. The fourth-order valence-corrected chi connectivity index (χ4v) is 6.38. The molecular formula is C31H36F3N5O2S. The minimum absolute atomic E-state index is 0.0387. The van der Waals surface area contributed by atoms with Crippen LogP contribution in [0, 0.1) is 0 Å². The number of hydrogen-bond donors (Lipinski definition) is 2. The molecule has 7 nitrogen and oxygen atoms in total. The number of anilines is 1. The van der Waals surface area contributed by atoms with E-state index in [9.17, 15) is 22.8 Å². The average molecular weight is 600 g/mol. The molecule has 0 atom stereocenters. The van der Waals surface area contributed by atoms with Gasteiger partial charge >= 0.3 is 6.18 Å². The van der Waals surface area contributed by atoms with Crippen LogP contribution in [0.4, 0.5) is 18.9 Å². The number of para-hydroxylation sites is 1. The van der Waals surface area contributed by atoms with Crippen molar-refractivity contribution in [1.29, 1.82) is 0 Å². The number of benzene rings is 2. The molecule has 1 aliphatic heterocycles. The predicted octanol–water partition coefficient (Wildman–Crippen LogP) is 5.65. The molecular weight excluding hydrogens is 563 g/mol. The number of fused-ring (bicyclic) bond motifs is 1. The van der Waals surface area contributed by atoms with Gasteiger partial charge in [-0.2, -0.15) is 13.2 Å². The average Bonchev–Trinajstić information content (AvgIpc) is 2.96. The monoisotopic (exact) mass is 599 g/mol. The summed E-state index contributed by atoms with van der Waals surface area (Å²) < 4.78 is 39.7. The third-order valence-corrected chi connectivity index (χ3v) is 9.03. The molecule has 2 aliphatic rings. The molecule has 2 N–H and O–H groups in total. The van der Waals surface area contributed by atoms with Gasteiger partial charge in [0.2, 0.25) is 5.91 Å². The molecule has 0 spiro atoms. The molecule has 5 rings (SSSR count). The summed E-state index contributed by atoms with van der Waals surface area (Å²) in [5, 5.41) is 7.58. The quantitative estimate of drug-likeness (QED) is 0.207. The van der Waals surface area contributed by atoms with Crippen LogP contribution in [0.25, 0.3) is 5.69 Å². The predicted molar refractivity (Wildman–Crippen MR) is 159 cm³/mol. The van der Waals surface area contributed by atoms with Crippen molar-refractivity contribution in [1.82, 2.24) is 19.8 Å². The Kier molecular flexibility index (Phi) is 9.89. The highest BCUT2D eigenvalue weighted by Crippen LogP contribution is 2.36. The zero-order valence-electron chi connectivity index (χ0n) is 23.5. The maximum absolute atomic E-state index is 13.7. The molecule has 11 heteroatoms. The number of aromatic nitrogens is 2. The SMILES string of the molecule is O=C(CNCCCCCNc1ccc(C(F)(F)F)cc1)N1CCc2nc(SC3CCC3)n(-c3ccccc3)c(=O)c2C1. The lowest BCUT2D eigenvalue weighted by molar-refractivity contribution is -0.137. The number of rotatable bonds is 12. The fraction of sp³-hybridized carbons (Fsp3) is 0.452. The fourth-order valence-electron chi connectivity index (χ4n) is 5.06. The van der Waals surface area contributed by atoms with Crippen LogP contribution < -0.4 is 16.2 Å². The highest BCUT2D eigenvalue weighted by atomic mass is 32.2. The van der Waals surface area contributed by atoms with E-state index in [1.165, 1.54) is 18.6 Å². The zero-order chi connectivity index (χ0) is 29.5. The van der Waals surface area contributed by atoms with Crippen molar-refractivity contribution in [2.24, 2.45) is 0 Å². The lowest BCUT2D eigenvalue weighted by Crippen LogP contribution is -2.44. The summed E-state index contributed by atoms with van der Waals surface area (Å²) >= 11 is 1.69. The number of unbranched alkanes of at least 4 members (excludes halogenated alkanes) is 2. The Morgan fingerprint density at radius 1 is 1.00 bits per heavy atom. The summed E-state index contributed by atoms with van der Waals surface area (Å²) in [6.45, 7) is 2.35. The lowest BCUT2D eigenvalue weighted by Gasteiger charge is -2.30. The molecule has 0 radical (unpaired) electrons. The second kappa shape index (κ2) is 13.8. The summed E-state index contributed by atoms with van der Waals surface area (Å²) in [6.07, 6.45) is 2.38. The molecule has 0 bridgehead atoms. The van der Waals surface area contributed by atoms with Crippen molar-refractivity contribution < 1.29 is 18.0 Å². The van der Waals surface area contributed by atoms with E-state index >= 15 is 0 Å². The van der Waals surface area contributed by atoms with Crippen LogP contribution in [0.3, 0.4) is 0 Å². The van der Waals surface area contributed by atoms with Crippen LogP contribution in [0.5, 0.6) is 0 Å². The Labute approximate surface area is 247 Å². The first kappa shape index (κ1) is 30.2.